The van der Waals surface area contributed by atoms with Crippen LogP contribution < -0.4 is 5.32 Å². The van der Waals surface area contributed by atoms with Crippen molar-refractivity contribution in [3.8, 4) is 0 Å². The molecule has 1 aromatic rings. The molecule has 0 radical (unpaired) electrons. The monoisotopic (exact) mass is 211 g/mol. The summed E-state index contributed by atoms with van der Waals surface area (Å²) in [7, 11) is 0. The van der Waals surface area contributed by atoms with Crippen molar-refractivity contribution in [1.29, 1.82) is 0 Å². The van der Waals surface area contributed by atoms with Gasteiger partial charge in [0.25, 0.3) is 0 Å². The summed E-state index contributed by atoms with van der Waals surface area (Å²) >= 11 is 1.84. The van der Waals surface area contributed by atoms with E-state index in [4.69, 9.17) is 0 Å². The van der Waals surface area contributed by atoms with Crippen molar-refractivity contribution < 1.29 is 0 Å². The van der Waals surface area contributed by atoms with Crippen LogP contribution in [0.5, 0.6) is 0 Å². The number of hydrogen-bond donors (Lipinski definition) is 1. The van der Waals surface area contributed by atoms with Gasteiger partial charge in [-0.15, -0.1) is 0 Å². The second kappa shape index (κ2) is 4.64. The highest BCUT2D eigenvalue weighted by Gasteiger charge is 2.15. The molecule has 0 atom stereocenters. The van der Waals surface area contributed by atoms with E-state index in [2.05, 4.69) is 35.4 Å². The van der Waals surface area contributed by atoms with E-state index >= 15 is 0 Å². The maximum atomic E-state index is 4.15. The van der Waals surface area contributed by atoms with Gasteiger partial charge in [0.1, 0.15) is 12.1 Å². The van der Waals surface area contributed by atoms with Gasteiger partial charge in [0.2, 0.25) is 0 Å². The molecular weight excluding hydrogens is 194 g/mol. The van der Waals surface area contributed by atoms with Gasteiger partial charge in [0, 0.05) is 23.1 Å². The lowest BCUT2D eigenvalue weighted by Crippen LogP contribution is -2.26. The van der Waals surface area contributed by atoms with Crippen LogP contribution in [0.3, 0.4) is 0 Å². The normalized spacial score (nSPS) is 11.4. The first kappa shape index (κ1) is 11.3. The molecule has 0 spiro atoms. The minimum atomic E-state index is 0.235. The lowest BCUT2D eigenvalue weighted by atomic mass is 10.2. The molecule has 0 aliphatic rings. The van der Waals surface area contributed by atoms with Crippen LogP contribution in [0, 0.1) is 6.92 Å². The summed E-state index contributed by atoms with van der Waals surface area (Å²) in [6.07, 6.45) is 3.71. The van der Waals surface area contributed by atoms with Gasteiger partial charge in [-0.1, -0.05) is 0 Å². The second-order valence-electron chi connectivity index (χ2n) is 3.86. The fourth-order valence-electron chi connectivity index (χ4n) is 0.927. The van der Waals surface area contributed by atoms with E-state index in [-0.39, 0.29) is 4.75 Å². The Labute approximate surface area is 89.7 Å². The summed E-state index contributed by atoms with van der Waals surface area (Å²) in [6, 6.07) is 1.95. The molecule has 0 saturated carbocycles. The topological polar surface area (TPSA) is 37.8 Å². The molecule has 78 valence electrons. The highest BCUT2D eigenvalue weighted by molar-refractivity contribution is 7.99. The van der Waals surface area contributed by atoms with Gasteiger partial charge < -0.3 is 5.32 Å². The molecule has 1 aromatic heterocycles. The largest absolute Gasteiger partial charge is 0.369 e. The Bertz CT molecular complexity index is 299. The molecular formula is C10H17N3S. The molecule has 3 nitrogen and oxygen atoms in total. The number of hydrogen-bond acceptors (Lipinski definition) is 4. The zero-order valence-corrected chi connectivity index (χ0v) is 9.98. The molecule has 1 heterocycles. The van der Waals surface area contributed by atoms with Crippen molar-refractivity contribution in [1.82, 2.24) is 9.97 Å². The zero-order chi connectivity index (χ0) is 10.6. The third kappa shape index (κ3) is 3.54. The molecule has 0 amide bonds. The molecule has 14 heavy (non-hydrogen) atoms. The standard InChI is InChI=1S/C10H17N3S/c1-8-5-9(13-7-12-8)11-6-10(2,3)14-4/h5,7H,6H2,1-4H3,(H,11,12,13). The third-order valence-electron chi connectivity index (χ3n) is 2.05. The van der Waals surface area contributed by atoms with E-state index in [0.29, 0.717) is 0 Å². The Hall–Kier alpha value is -0.770. The summed E-state index contributed by atoms with van der Waals surface area (Å²) in [5, 5.41) is 3.30. The minimum Gasteiger partial charge on any atom is -0.369 e. The summed E-state index contributed by atoms with van der Waals surface area (Å²) in [6.45, 7) is 7.29. The maximum Gasteiger partial charge on any atom is 0.129 e. The smallest absolute Gasteiger partial charge is 0.129 e. The van der Waals surface area contributed by atoms with Crippen molar-refractivity contribution in [3.63, 3.8) is 0 Å². The molecule has 0 aliphatic heterocycles. The molecule has 0 aliphatic carbocycles. The zero-order valence-electron chi connectivity index (χ0n) is 9.16. The van der Waals surface area contributed by atoms with Gasteiger partial charge in [-0.2, -0.15) is 11.8 Å². The van der Waals surface area contributed by atoms with Crippen molar-refractivity contribution in [2.75, 3.05) is 18.1 Å². The molecule has 0 fully saturated rings. The van der Waals surface area contributed by atoms with Gasteiger partial charge in [-0.05, 0) is 27.0 Å². The van der Waals surface area contributed by atoms with Crippen molar-refractivity contribution in [2.24, 2.45) is 0 Å². The quantitative estimate of drug-likeness (QED) is 0.829. The average Bonchev–Trinajstić information content (AvgIpc) is 2.15. The summed E-state index contributed by atoms with van der Waals surface area (Å²) in [4.78, 5) is 8.19. The Balaban J connectivity index is 2.54. The number of aryl methyl sites for hydroxylation is 1. The van der Waals surface area contributed by atoms with Crippen molar-refractivity contribution in [3.05, 3.63) is 18.1 Å². The van der Waals surface area contributed by atoms with E-state index in [1.54, 1.807) is 6.33 Å². The van der Waals surface area contributed by atoms with Crippen molar-refractivity contribution in [2.45, 2.75) is 25.5 Å². The SMILES string of the molecule is CSC(C)(C)CNc1cc(C)ncn1. The van der Waals surface area contributed by atoms with Gasteiger partial charge in [0.05, 0.1) is 0 Å². The lowest BCUT2D eigenvalue weighted by molar-refractivity contribution is 0.749. The van der Waals surface area contributed by atoms with E-state index in [9.17, 15) is 0 Å². The van der Waals surface area contributed by atoms with Gasteiger partial charge >= 0.3 is 0 Å². The Morgan fingerprint density at radius 3 is 2.71 bits per heavy atom. The minimum absolute atomic E-state index is 0.235. The highest BCUT2D eigenvalue weighted by Crippen LogP contribution is 2.21. The van der Waals surface area contributed by atoms with E-state index in [1.165, 1.54) is 0 Å². The van der Waals surface area contributed by atoms with Crippen LogP contribution in [0.25, 0.3) is 0 Å². The van der Waals surface area contributed by atoms with Crippen LogP contribution in [-0.2, 0) is 0 Å². The molecule has 0 unspecified atom stereocenters. The summed E-state index contributed by atoms with van der Waals surface area (Å²) in [5.74, 6) is 0.902. The summed E-state index contributed by atoms with van der Waals surface area (Å²) in [5.41, 5.74) is 0.990. The molecule has 0 saturated heterocycles. The van der Waals surface area contributed by atoms with Gasteiger partial charge in [0.15, 0.2) is 0 Å². The first-order chi connectivity index (χ1) is 6.53. The summed E-state index contributed by atoms with van der Waals surface area (Å²) < 4.78 is 0.235. The molecule has 1 rings (SSSR count). The molecule has 4 heteroatoms. The predicted molar refractivity (Wildman–Crippen MR) is 62.9 cm³/mol. The van der Waals surface area contributed by atoms with Crippen LogP contribution in [0.4, 0.5) is 5.82 Å². The second-order valence-corrected chi connectivity index (χ2v) is 5.38. The Morgan fingerprint density at radius 2 is 2.14 bits per heavy atom. The maximum absolute atomic E-state index is 4.15. The number of aromatic nitrogens is 2. The van der Waals surface area contributed by atoms with Crippen molar-refractivity contribution >= 4 is 17.6 Å². The fraction of sp³-hybridized carbons (Fsp3) is 0.600. The van der Waals surface area contributed by atoms with Gasteiger partial charge in [-0.3, -0.25) is 0 Å². The first-order valence-electron chi connectivity index (χ1n) is 4.61. The van der Waals surface area contributed by atoms with Crippen LogP contribution >= 0.6 is 11.8 Å². The number of thioether (sulfide) groups is 1. The van der Waals surface area contributed by atoms with E-state index in [1.807, 2.05) is 24.8 Å². The highest BCUT2D eigenvalue weighted by atomic mass is 32.2. The lowest BCUT2D eigenvalue weighted by Gasteiger charge is -2.22. The Morgan fingerprint density at radius 1 is 1.43 bits per heavy atom. The van der Waals surface area contributed by atoms with E-state index in [0.717, 1.165) is 18.1 Å². The number of nitrogens with zero attached hydrogens (tertiary/aromatic N) is 2. The van der Waals surface area contributed by atoms with Crippen LogP contribution in [0.15, 0.2) is 12.4 Å². The number of anilines is 1. The average molecular weight is 211 g/mol. The first-order valence-corrected chi connectivity index (χ1v) is 5.84. The number of rotatable bonds is 4. The van der Waals surface area contributed by atoms with Crippen LogP contribution in [0.2, 0.25) is 0 Å². The van der Waals surface area contributed by atoms with Crippen LogP contribution in [-0.4, -0.2) is 27.5 Å². The molecule has 0 bridgehead atoms. The number of nitrogens with one attached hydrogen (secondary N) is 1. The van der Waals surface area contributed by atoms with E-state index < -0.39 is 0 Å². The molecule has 0 aromatic carbocycles. The molecule has 1 N–H and O–H groups in total. The predicted octanol–water partition coefficient (Wildman–Crippen LogP) is 2.34. The van der Waals surface area contributed by atoms with Crippen LogP contribution in [0.1, 0.15) is 19.5 Å². The van der Waals surface area contributed by atoms with Gasteiger partial charge in [-0.25, -0.2) is 9.97 Å². The third-order valence-corrected chi connectivity index (χ3v) is 3.30. The Kier molecular flexibility index (Phi) is 3.75. The fourth-order valence-corrected chi connectivity index (χ4v) is 1.14.